The molecule has 0 saturated carbocycles. The number of nitrogens with one attached hydrogen (secondary N) is 4. The predicted molar refractivity (Wildman–Crippen MR) is 243 cm³/mol. The summed E-state index contributed by atoms with van der Waals surface area (Å²) in [5.74, 6) is -3.25. The van der Waals surface area contributed by atoms with E-state index in [9.17, 15) is 36.0 Å². The molecule has 0 aliphatic carbocycles. The highest BCUT2D eigenvalue weighted by atomic mass is 35.5. The number of hydrogen-bond acceptors (Lipinski definition) is 10. The molecule has 2 amide bonds. The Balaban J connectivity index is 0.000000241. The third-order valence-corrected chi connectivity index (χ3v) is 12.0. The number of ether oxygens (including phenoxy) is 2. The topological polar surface area (TPSA) is 244 Å². The van der Waals surface area contributed by atoms with E-state index in [1.165, 1.54) is 136 Å². The van der Waals surface area contributed by atoms with Crippen LogP contribution in [0.25, 0.3) is 0 Å². The van der Waals surface area contributed by atoms with Gasteiger partial charge in [0, 0.05) is 66.1 Å². The largest absolute Gasteiger partial charge is 0.496 e. The molecule has 16 nitrogen and oxygen atoms in total. The lowest BCUT2D eigenvalue weighted by Gasteiger charge is -2.12. The molecule has 0 aliphatic rings. The number of carboxylic acid groups (broad SMARTS) is 2. The van der Waals surface area contributed by atoms with Gasteiger partial charge in [0.2, 0.25) is 0 Å². The third kappa shape index (κ3) is 12.8. The summed E-state index contributed by atoms with van der Waals surface area (Å²) in [5, 5.41) is 24.2. The van der Waals surface area contributed by atoms with Crippen LogP contribution in [0.1, 0.15) is 41.4 Å². The van der Waals surface area contributed by atoms with Crippen LogP contribution < -0.4 is 29.6 Å². The summed E-state index contributed by atoms with van der Waals surface area (Å²) < 4.78 is 65.4. The van der Waals surface area contributed by atoms with Gasteiger partial charge in [-0.2, -0.15) is 0 Å². The first-order chi connectivity index (χ1) is 30.2. The van der Waals surface area contributed by atoms with Gasteiger partial charge in [-0.05, 0) is 97.1 Å². The number of rotatable bonds is 14. The minimum Gasteiger partial charge on any atom is -0.496 e. The van der Waals surface area contributed by atoms with E-state index in [4.69, 9.17) is 66.1 Å². The van der Waals surface area contributed by atoms with Crippen LogP contribution in [0.4, 0.5) is 22.7 Å². The molecule has 0 saturated heterocycles. The Bertz CT molecular complexity index is 2780. The van der Waals surface area contributed by atoms with Crippen LogP contribution in [0.15, 0.2) is 131 Å². The predicted octanol–water partition coefficient (Wildman–Crippen LogP) is 9.51. The first-order valence-corrected chi connectivity index (χ1v) is 22.3. The molecule has 0 atom stereocenters. The smallest absolute Gasteiger partial charge is 0.339 e. The first-order valence-electron chi connectivity index (χ1n) is 17.8. The fraction of sp³-hybridized carbons (Fsp3) is 0.0476. The number of aromatic carboxylic acids is 2. The molecule has 0 heterocycles. The van der Waals surface area contributed by atoms with Crippen LogP contribution in [0.3, 0.4) is 0 Å². The molecule has 6 rings (SSSR count). The lowest BCUT2D eigenvalue weighted by Crippen LogP contribution is -2.15. The number of amides is 2. The minimum absolute atomic E-state index is 0.0528. The molecule has 64 heavy (non-hydrogen) atoms. The summed E-state index contributed by atoms with van der Waals surface area (Å²) in [4.78, 5) is 47.4. The van der Waals surface area contributed by atoms with Gasteiger partial charge in [0.1, 0.15) is 22.6 Å². The van der Waals surface area contributed by atoms with Crippen molar-refractivity contribution in [3.05, 3.63) is 164 Å². The zero-order chi connectivity index (χ0) is 46.9. The van der Waals surface area contributed by atoms with Crippen molar-refractivity contribution in [1.82, 2.24) is 0 Å². The number of carboxylic acids is 2. The number of benzene rings is 6. The van der Waals surface area contributed by atoms with Gasteiger partial charge in [-0.3, -0.25) is 19.0 Å². The maximum atomic E-state index is 12.6. The number of halogens is 4. The fourth-order valence-corrected chi connectivity index (χ4v) is 9.09. The highest BCUT2D eigenvalue weighted by molar-refractivity contribution is 7.93. The number of methoxy groups -OCH3 is 2. The second kappa shape index (κ2) is 20.8. The summed E-state index contributed by atoms with van der Waals surface area (Å²) >= 11 is 23.5. The Morgan fingerprint density at radius 2 is 0.812 bits per heavy atom. The minimum atomic E-state index is -4.00. The maximum absolute atomic E-state index is 12.6. The van der Waals surface area contributed by atoms with Gasteiger partial charge in [-0.15, -0.1) is 0 Å². The molecule has 0 bridgehead atoms. The normalized spacial score (nSPS) is 11.0. The van der Waals surface area contributed by atoms with E-state index >= 15 is 0 Å². The molecule has 0 fully saturated rings. The Hall–Kier alpha value is -6.54. The zero-order valence-corrected chi connectivity index (χ0v) is 37.5. The van der Waals surface area contributed by atoms with Gasteiger partial charge in [0.25, 0.3) is 31.9 Å². The van der Waals surface area contributed by atoms with E-state index in [-0.39, 0.29) is 75.0 Å². The van der Waals surface area contributed by atoms with Crippen LogP contribution in [-0.2, 0) is 20.0 Å². The molecule has 0 radical (unpaired) electrons. The number of carbonyl (C=O) groups is 4. The second-order valence-corrected chi connectivity index (χ2v) is 18.0. The van der Waals surface area contributed by atoms with Crippen molar-refractivity contribution in [2.75, 3.05) is 34.3 Å². The molecule has 6 aromatic carbocycles. The van der Waals surface area contributed by atoms with Crippen molar-refractivity contribution < 1.29 is 55.7 Å². The zero-order valence-electron chi connectivity index (χ0n) is 32.9. The van der Waals surface area contributed by atoms with Gasteiger partial charge in [0.05, 0.1) is 24.0 Å². The summed E-state index contributed by atoms with van der Waals surface area (Å²) in [6.07, 6.45) is 0. The molecule has 0 unspecified atom stereocenters. The lowest BCUT2D eigenvalue weighted by molar-refractivity contribution is 0.0682. The molecule has 332 valence electrons. The summed E-state index contributed by atoms with van der Waals surface area (Å²) in [7, 11) is -5.38. The van der Waals surface area contributed by atoms with Crippen molar-refractivity contribution in [1.29, 1.82) is 0 Å². The van der Waals surface area contributed by atoms with Gasteiger partial charge >= 0.3 is 11.9 Å². The van der Waals surface area contributed by atoms with E-state index in [0.29, 0.717) is 11.4 Å². The molecular weight excluding hydrogens is 958 g/mol. The van der Waals surface area contributed by atoms with Gasteiger partial charge in [-0.1, -0.05) is 58.5 Å². The van der Waals surface area contributed by atoms with Crippen molar-refractivity contribution in [2.24, 2.45) is 0 Å². The summed E-state index contributed by atoms with van der Waals surface area (Å²) in [6.45, 7) is 0. The third-order valence-electron chi connectivity index (χ3n) is 8.43. The molecule has 0 spiro atoms. The number of hydrogen-bond donors (Lipinski definition) is 6. The number of carbonyl (C=O) groups excluding carboxylic acids is 2. The first kappa shape index (κ1) is 48.5. The standard InChI is InChI=1S/2C21H16Cl2N2O6S/c2*1-31-19-11-15(5-6-18(19)21(27)28)24-20(26)12-3-2-4-16(7-12)25-32(29,30)17-9-13(22)8-14(23)10-17/h2*2-11,25H,1H3,(H,24,26)(H,27,28). The van der Waals surface area contributed by atoms with Crippen molar-refractivity contribution in [3.8, 4) is 11.5 Å². The average Bonchev–Trinajstić information content (AvgIpc) is 3.22. The lowest BCUT2D eigenvalue weighted by atomic mass is 10.1. The Morgan fingerprint density at radius 3 is 1.12 bits per heavy atom. The summed E-state index contributed by atoms with van der Waals surface area (Å²) in [6, 6.07) is 27.6. The van der Waals surface area contributed by atoms with Gasteiger partial charge in [-0.25, -0.2) is 26.4 Å². The SMILES string of the molecule is COc1cc(NC(=O)c2cccc(NS(=O)(=O)c3cc(Cl)cc(Cl)c3)c2)ccc1C(=O)O.COc1cc(NC(=O)c2cccc(NS(=O)(=O)c3cc(Cl)cc(Cl)c3)c2)ccc1C(=O)O. The Labute approximate surface area is 385 Å². The van der Waals surface area contributed by atoms with Gasteiger partial charge in [0.15, 0.2) is 0 Å². The highest BCUT2D eigenvalue weighted by Gasteiger charge is 2.20. The van der Waals surface area contributed by atoms with E-state index in [0.717, 1.165) is 0 Å². The van der Waals surface area contributed by atoms with Crippen LogP contribution in [0, 0.1) is 0 Å². The maximum Gasteiger partial charge on any atom is 0.339 e. The molecule has 6 N–H and O–H groups in total. The Morgan fingerprint density at radius 1 is 0.469 bits per heavy atom. The molecule has 0 aliphatic heterocycles. The quantitative estimate of drug-likeness (QED) is 0.0598. The Kier molecular flexibility index (Phi) is 15.7. The fourth-order valence-electron chi connectivity index (χ4n) is 5.54. The van der Waals surface area contributed by atoms with E-state index in [2.05, 4.69) is 20.1 Å². The second-order valence-electron chi connectivity index (χ2n) is 12.9. The highest BCUT2D eigenvalue weighted by Crippen LogP contribution is 2.28. The van der Waals surface area contributed by atoms with Crippen LogP contribution >= 0.6 is 46.4 Å². The molecule has 6 aromatic rings. The van der Waals surface area contributed by atoms with E-state index in [1.807, 2.05) is 0 Å². The van der Waals surface area contributed by atoms with Crippen LogP contribution in [0.2, 0.25) is 20.1 Å². The molecule has 22 heteroatoms. The van der Waals surface area contributed by atoms with Crippen molar-refractivity contribution in [3.63, 3.8) is 0 Å². The van der Waals surface area contributed by atoms with E-state index < -0.39 is 43.8 Å². The van der Waals surface area contributed by atoms with Crippen molar-refractivity contribution in [2.45, 2.75) is 9.79 Å². The van der Waals surface area contributed by atoms with Crippen molar-refractivity contribution >= 4 is 113 Å². The summed E-state index contributed by atoms with van der Waals surface area (Å²) in [5.41, 5.74) is 1.12. The monoisotopic (exact) mass is 988 g/mol. The number of sulfonamides is 2. The number of anilines is 4. The van der Waals surface area contributed by atoms with Crippen LogP contribution in [0.5, 0.6) is 11.5 Å². The molecule has 0 aromatic heterocycles. The molecular formula is C42H32Cl4N4O12S2. The van der Waals surface area contributed by atoms with Gasteiger partial charge < -0.3 is 30.3 Å². The van der Waals surface area contributed by atoms with E-state index in [1.54, 1.807) is 0 Å². The average molecular weight is 991 g/mol. The van der Waals surface area contributed by atoms with Crippen LogP contribution in [-0.4, -0.2) is 65.0 Å².